The minimum Gasteiger partial charge on any atom is -0.356 e. The first-order valence-electron chi connectivity index (χ1n) is 6.00. The van der Waals surface area contributed by atoms with Gasteiger partial charge < -0.3 is 4.90 Å². The number of hydrogen-bond donors (Lipinski definition) is 0. The molecule has 2 nitrogen and oxygen atoms in total. The second kappa shape index (κ2) is 4.40. The Balaban J connectivity index is 2.04. The van der Waals surface area contributed by atoms with Crippen LogP contribution in [0.25, 0.3) is 0 Å². The largest absolute Gasteiger partial charge is 0.356 e. The summed E-state index contributed by atoms with van der Waals surface area (Å²) in [7, 11) is 0. The standard InChI is InChI=1S/C13H19FN2/c1-3-13(2)7-9-16(10-8-13)12-6-4-5-11(14)15-12/h4-6H,3,7-10H2,1-2H3. The molecular weight excluding hydrogens is 203 g/mol. The van der Waals surface area contributed by atoms with Crippen molar-refractivity contribution in [1.82, 2.24) is 4.98 Å². The highest BCUT2D eigenvalue weighted by Crippen LogP contribution is 2.35. The van der Waals surface area contributed by atoms with Crippen LogP contribution >= 0.6 is 0 Å². The van der Waals surface area contributed by atoms with Crippen LogP contribution in [0.4, 0.5) is 10.2 Å². The van der Waals surface area contributed by atoms with E-state index in [1.807, 2.05) is 6.07 Å². The third kappa shape index (κ3) is 2.34. The summed E-state index contributed by atoms with van der Waals surface area (Å²) >= 11 is 0. The maximum Gasteiger partial charge on any atom is 0.214 e. The monoisotopic (exact) mass is 222 g/mol. The van der Waals surface area contributed by atoms with Crippen LogP contribution in [0.1, 0.15) is 33.1 Å². The molecule has 0 atom stereocenters. The Morgan fingerprint density at radius 1 is 1.38 bits per heavy atom. The Morgan fingerprint density at radius 3 is 2.62 bits per heavy atom. The van der Waals surface area contributed by atoms with Gasteiger partial charge in [0.2, 0.25) is 5.95 Å². The van der Waals surface area contributed by atoms with Gasteiger partial charge in [-0.2, -0.15) is 4.39 Å². The summed E-state index contributed by atoms with van der Waals surface area (Å²) in [5, 5.41) is 0. The molecule has 1 fully saturated rings. The molecule has 88 valence electrons. The van der Waals surface area contributed by atoms with E-state index in [4.69, 9.17) is 0 Å². The Hall–Kier alpha value is -1.12. The molecular formula is C13H19FN2. The van der Waals surface area contributed by atoms with Crippen molar-refractivity contribution in [2.45, 2.75) is 33.1 Å². The minimum atomic E-state index is -0.388. The van der Waals surface area contributed by atoms with E-state index >= 15 is 0 Å². The van der Waals surface area contributed by atoms with Crippen LogP contribution in [-0.4, -0.2) is 18.1 Å². The van der Waals surface area contributed by atoms with Gasteiger partial charge >= 0.3 is 0 Å². The number of hydrogen-bond acceptors (Lipinski definition) is 2. The maximum absolute atomic E-state index is 13.0. The highest BCUT2D eigenvalue weighted by molar-refractivity contribution is 5.38. The summed E-state index contributed by atoms with van der Waals surface area (Å²) in [5.74, 6) is 0.388. The number of anilines is 1. The average Bonchev–Trinajstić information content (AvgIpc) is 2.30. The fourth-order valence-corrected chi connectivity index (χ4v) is 2.20. The fourth-order valence-electron chi connectivity index (χ4n) is 2.20. The van der Waals surface area contributed by atoms with E-state index < -0.39 is 0 Å². The third-order valence-corrected chi connectivity index (χ3v) is 3.85. The zero-order valence-electron chi connectivity index (χ0n) is 10.0. The van der Waals surface area contributed by atoms with E-state index in [1.165, 1.54) is 25.3 Å². The van der Waals surface area contributed by atoms with Crippen LogP contribution in [0, 0.1) is 11.4 Å². The van der Waals surface area contributed by atoms with Crippen molar-refractivity contribution in [3.05, 3.63) is 24.1 Å². The Bertz CT molecular complexity index is 357. The lowest BCUT2D eigenvalue weighted by Gasteiger charge is -2.39. The van der Waals surface area contributed by atoms with E-state index in [0.29, 0.717) is 5.41 Å². The number of pyridine rings is 1. The smallest absolute Gasteiger partial charge is 0.214 e. The number of nitrogens with zero attached hydrogens (tertiary/aromatic N) is 2. The first-order valence-corrected chi connectivity index (χ1v) is 6.00. The zero-order chi connectivity index (χ0) is 11.6. The topological polar surface area (TPSA) is 16.1 Å². The maximum atomic E-state index is 13.0. The SMILES string of the molecule is CCC1(C)CCN(c2cccc(F)n2)CC1. The van der Waals surface area contributed by atoms with Gasteiger partial charge in [-0.1, -0.05) is 26.3 Å². The summed E-state index contributed by atoms with van der Waals surface area (Å²) in [6.45, 7) is 6.56. The van der Waals surface area contributed by atoms with E-state index in [0.717, 1.165) is 18.9 Å². The Morgan fingerprint density at radius 2 is 2.06 bits per heavy atom. The molecule has 1 saturated heterocycles. The molecule has 0 unspecified atom stereocenters. The molecule has 0 spiro atoms. The van der Waals surface area contributed by atoms with Gasteiger partial charge in [-0.05, 0) is 30.4 Å². The summed E-state index contributed by atoms with van der Waals surface area (Å²) < 4.78 is 13.0. The van der Waals surface area contributed by atoms with Crippen LogP contribution in [0.5, 0.6) is 0 Å². The fraction of sp³-hybridized carbons (Fsp3) is 0.615. The van der Waals surface area contributed by atoms with Crippen LogP contribution in [-0.2, 0) is 0 Å². The van der Waals surface area contributed by atoms with Gasteiger partial charge in [0.15, 0.2) is 0 Å². The number of halogens is 1. The van der Waals surface area contributed by atoms with E-state index in [1.54, 1.807) is 6.07 Å². The first-order chi connectivity index (χ1) is 7.63. The van der Waals surface area contributed by atoms with Crippen LogP contribution in [0.3, 0.4) is 0 Å². The number of aromatic nitrogens is 1. The van der Waals surface area contributed by atoms with Gasteiger partial charge in [0.05, 0.1) is 0 Å². The number of piperidine rings is 1. The summed E-state index contributed by atoms with van der Waals surface area (Å²) in [4.78, 5) is 6.11. The normalized spacial score (nSPS) is 19.8. The molecule has 1 aromatic heterocycles. The van der Waals surface area contributed by atoms with Crippen molar-refractivity contribution < 1.29 is 4.39 Å². The van der Waals surface area contributed by atoms with Crippen molar-refractivity contribution in [3.63, 3.8) is 0 Å². The highest BCUT2D eigenvalue weighted by atomic mass is 19.1. The number of rotatable bonds is 2. The molecule has 16 heavy (non-hydrogen) atoms. The average molecular weight is 222 g/mol. The first kappa shape index (κ1) is 11.4. The molecule has 0 amide bonds. The van der Waals surface area contributed by atoms with Crippen molar-refractivity contribution >= 4 is 5.82 Å². The third-order valence-electron chi connectivity index (χ3n) is 3.85. The quantitative estimate of drug-likeness (QED) is 0.714. The van der Waals surface area contributed by atoms with Gasteiger partial charge in [-0.3, -0.25) is 0 Å². The lowest BCUT2D eigenvalue weighted by atomic mass is 9.78. The lowest BCUT2D eigenvalue weighted by molar-refractivity contribution is 0.237. The molecule has 1 aliphatic rings. The zero-order valence-corrected chi connectivity index (χ0v) is 10.0. The van der Waals surface area contributed by atoms with Crippen molar-refractivity contribution in [3.8, 4) is 0 Å². The van der Waals surface area contributed by atoms with Gasteiger partial charge in [-0.25, -0.2) is 4.98 Å². The van der Waals surface area contributed by atoms with E-state index in [-0.39, 0.29) is 5.95 Å². The van der Waals surface area contributed by atoms with Crippen LogP contribution < -0.4 is 4.90 Å². The molecule has 0 saturated carbocycles. The van der Waals surface area contributed by atoms with Gasteiger partial charge in [0, 0.05) is 13.1 Å². The van der Waals surface area contributed by atoms with Gasteiger partial charge in [0.25, 0.3) is 0 Å². The van der Waals surface area contributed by atoms with Gasteiger partial charge in [-0.15, -0.1) is 0 Å². The molecule has 0 N–H and O–H groups in total. The predicted octanol–water partition coefficient (Wildman–Crippen LogP) is 3.24. The molecule has 2 rings (SSSR count). The van der Waals surface area contributed by atoms with Crippen molar-refractivity contribution in [1.29, 1.82) is 0 Å². The highest BCUT2D eigenvalue weighted by Gasteiger charge is 2.28. The van der Waals surface area contributed by atoms with E-state index in [9.17, 15) is 4.39 Å². The second-order valence-electron chi connectivity index (χ2n) is 4.97. The summed E-state index contributed by atoms with van der Waals surface area (Å²) in [6.07, 6.45) is 3.56. The molecule has 1 aliphatic heterocycles. The molecule has 2 heterocycles. The van der Waals surface area contributed by atoms with Crippen LogP contribution in [0.2, 0.25) is 0 Å². The van der Waals surface area contributed by atoms with Gasteiger partial charge in [0.1, 0.15) is 5.82 Å². The second-order valence-corrected chi connectivity index (χ2v) is 4.97. The molecule has 0 bridgehead atoms. The summed E-state index contributed by atoms with van der Waals surface area (Å²) in [6, 6.07) is 5.01. The van der Waals surface area contributed by atoms with Crippen molar-refractivity contribution in [2.24, 2.45) is 5.41 Å². The molecule has 1 aromatic rings. The minimum absolute atomic E-state index is 0.388. The lowest BCUT2D eigenvalue weighted by Crippen LogP contribution is -2.38. The Kier molecular flexibility index (Phi) is 3.13. The van der Waals surface area contributed by atoms with E-state index in [2.05, 4.69) is 23.7 Å². The molecule has 0 aliphatic carbocycles. The molecule has 0 radical (unpaired) electrons. The Labute approximate surface area is 96.5 Å². The molecule has 0 aromatic carbocycles. The van der Waals surface area contributed by atoms with Crippen LogP contribution in [0.15, 0.2) is 18.2 Å². The predicted molar refractivity (Wildman–Crippen MR) is 64.0 cm³/mol. The molecule has 3 heteroatoms. The summed E-state index contributed by atoms with van der Waals surface area (Å²) in [5.41, 5.74) is 0.462. The van der Waals surface area contributed by atoms with Crippen molar-refractivity contribution in [2.75, 3.05) is 18.0 Å².